The number of aryl methyl sites for hydroxylation is 1. The minimum absolute atomic E-state index is 0.169. The van der Waals surface area contributed by atoms with Crippen LogP contribution in [0, 0.1) is 5.82 Å². The van der Waals surface area contributed by atoms with Gasteiger partial charge >= 0.3 is 0 Å². The van der Waals surface area contributed by atoms with Gasteiger partial charge in [0.15, 0.2) is 0 Å². The molecule has 3 heteroatoms. The van der Waals surface area contributed by atoms with E-state index in [1.54, 1.807) is 12.1 Å². The van der Waals surface area contributed by atoms with Crippen LogP contribution < -0.4 is 11.1 Å². The van der Waals surface area contributed by atoms with Crippen LogP contribution in [0.1, 0.15) is 18.1 Å². The lowest BCUT2D eigenvalue weighted by Crippen LogP contribution is -2.03. The molecule has 0 aliphatic carbocycles. The summed E-state index contributed by atoms with van der Waals surface area (Å²) in [7, 11) is 0. The van der Waals surface area contributed by atoms with Crippen LogP contribution in [0.2, 0.25) is 0 Å². The largest absolute Gasteiger partial charge is 0.395 e. The molecule has 0 saturated heterocycles. The van der Waals surface area contributed by atoms with Gasteiger partial charge in [-0.1, -0.05) is 37.3 Å². The molecule has 0 amide bonds. The van der Waals surface area contributed by atoms with Crippen molar-refractivity contribution in [2.24, 2.45) is 0 Å². The molecule has 0 aliphatic rings. The standard InChI is InChI=1S/C15H17FN2/c1-2-11-6-8-12(9-7-11)10-18-14-5-3-4-13(16)15(14)17/h3-9,18H,2,10,17H2,1H3. The Morgan fingerprint density at radius 1 is 1.06 bits per heavy atom. The molecule has 3 N–H and O–H groups in total. The molecule has 2 aromatic carbocycles. The molecule has 0 fully saturated rings. The van der Waals surface area contributed by atoms with E-state index in [1.807, 2.05) is 0 Å². The van der Waals surface area contributed by atoms with Gasteiger partial charge in [-0.05, 0) is 29.7 Å². The number of nitrogens with two attached hydrogens (primary N) is 1. The average Bonchev–Trinajstić information content (AvgIpc) is 2.41. The first-order valence-corrected chi connectivity index (χ1v) is 6.06. The van der Waals surface area contributed by atoms with Gasteiger partial charge in [0.2, 0.25) is 0 Å². The third-order valence-electron chi connectivity index (χ3n) is 2.97. The quantitative estimate of drug-likeness (QED) is 0.807. The molecule has 0 spiro atoms. The Kier molecular flexibility index (Phi) is 3.82. The molecule has 0 saturated carbocycles. The highest BCUT2D eigenvalue weighted by Crippen LogP contribution is 2.21. The fraction of sp³-hybridized carbons (Fsp3) is 0.200. The third kappa shape index (κ3) is 2.80. The Hall–Kier alpha value is -2.03. The summed E-state index contributed by atoms with van der Waals surface area (Å²) in [6, 6.07) is 13.1. The van der Waals surface area contributed by atoms with Gasteiger partial charge in [-0.15, -0.1) is 0 Å². The number of rotatable bonds is 4. The fourth-order valence-corrected chi connectivity index (χ4v) is 1.78. The Morgan fingerprint density at radius 2 is 1.72 bits per heavy atom. The number of hydrogen-bond acceptors (Lipinski definition) is 2. The summed E-state index contributed by atoms with van der Waals surface area (Å²) in [5, 5.41) is 3.14. The van der Waals surface area contributed by atoms with E-state index in [9.17, 15) is 4.39 Å². The van der Waals surface area contributed by atoms with E-state index in [0.29, 0.717) is 12.2 Å². The van der Waals surface area contributed by atoms with E-state index in [1.165, 1.54) is 11.6 Å². The van der Waals surface area contributed by atoms with Gasteiger partial charge in [0, 0.05) is 6.54 Å². The Morgan fingerprint density at radius 3 is 2.39 bits per heavy atom. The van der Waals surface area contributed by atoms with E-state index in [0.717, 1.165) is 12.0 Å². The Balaban J connectivity index is 2.04. The van der Waals surface area contributed by atoms with Gasteiger partial charge in [0.25, 0.3) is 0 Å². The molecule has 0 atom stereocenters. The topological polar surface area (TPSA) is 38.0 Å². The molecule has 94 valence electrons. The van der Waals surface area contributed by atoms with Crippen molar-refractivity contribution in [2.75, 3.05) is 11.1 Å². The summed E-state index contributed by atoms with van der Waals surface area (Å²) in [6.07, 6.45) is 1.03. The maximum atomic E-state index is 13.2. The smallest absolute Gasteiger partial charge is 0.148 e. The van der Waals surface area contributed by atoms with Crippen LogP contribution >= 0.6 is 0 Å². The molecule has 0 unspecified atom stereocenters. The van der Waals surface area contributed by atoms with Crippen LogP contribution in [0.3, 0.4) is 0 Å². The summed E-state index contributed by atoms with van der Waals surface area (Å²) >= 11 is 0. The number of anilines is 2. The van der Waals surface area contributed by atoms with Gasteiger partial charge in [0.1, 0.15) is 5.82 Å². The third-order valence-corrected chi connectivity index (χ3v) is 2.97. The average molecular weight is 244 g/mol. The van der Waals surface area contributed by atoms with Crippen LogP contribution in [0.25, 0.3) is 0 Å². The first-order chi connectivity index (χ1) is 8.70. The van der Waals surface area contributed by atoms with Crippen LogP contribution in [-0.2, 0) is 13.0 Å². The SMILES string of the molecule is CCc1ccc(CNc2cccc(F)c2N)cc1. The molecule has 0 aromatic heterocycles. The predicted molar refractivity (Wildman–Crippen MR) is 74.0 cm³/mol. The molecule has 2 rings (SSSR count). The maximum Gasteiger partial charge on any atom is 0.148 e. The summed E-state index contributed by atoms with van der Waals surface area (Å²) in [4.78, 5) is 0. The number of para-hydroxylation sites is 1. The van der Waals surface area contributed by atoms with Crippen molar-refractivity contribution in [2.45, 2.75) is 19.9 Å². The van der Waals surface area contributed by atoms with Crippen LogP contribution in [0.5, 0.6) is 0 Å². The molecule has 2 aromatic rings. The van der Waals surface area contributed by atoms with Crippen molar-refractivity contribution in [1.29, 1.82) is 0 Å². The van der Waals surface area contributed by atoms with E-state index < -0.39 is 0 Å². The monoisotopic (exact) mass is 244 g/mol. The molecule has 0 heterocycles. The van der Waals surface area contributed by atoms with Crippen molar-refractivity contribution in [3.05, 3.63) is 59.4 Å². The second-order valence-corrected chi connectivity index (χ2v) is 4.22. The molecule has 2 nitrogen and oxygen atoms in total. The highest BCUT2D eigenvalue weighted by molar-refractivity contribution is 5.66. The van der Waals surface area contributed by atoms with E-state index in [2.05, 4.69) is 36.5 Å². The summed E-state index contributed by atoms with van der Waals surface area (Å²) in [5.41, 5.74) is 8.92. The van der Waals surface area contributed by atoms with E-state index in [-0.39, 0.29) is 11.5 Å². The molecule has 0 radical (unpaired) electrons. The highest BCUT2D eigenvalue weighted by atomic mass is 19.1. The number of halogens is 1. The predicted octanol–water partition coefficient (Wildman–Crippen LogP) is 3.58. The highest BCUT2D eigenvalue weighted by Gasteiger charge is 2.03. The van der Waals surface area contributed by atoms with Gasteiger partial charge in [-0.3, -0.25) is 0 Å². The summed E-state index contributed by atoms with van der Waals surface area (Å²) < 4.78 is 13.2. The van der Waals surface area contributed by atoms with E-state index >= 15 is 0 Å². The van der Waals surface area contributed by atoms with Crippen molar-refractivity contribution >= 4 is 11.4 Å². The Labute approximate surface area is 107 Å². The first-order valence-electron chi connectivity index (χ1n) is 6.06. The van der Waals surface area contributed by atoms with Gasteiger partial charge in [-0.2, -0.15) is 0 Å². The molecular formula is C15H17FN2. The van der Waals surface area contributed by atoms with Crippen LogP contribution in [0.15, 0.2) is 42.5 Å². The lowest BCUT2D eigenvalue weighted by molar-refractivity contribution is 0.633. The zero-order valence-electron chi connectivity index (χ0n) is 10.4. The zero-order valence-corrected chi connectivity index (χ0v) is 10.4. The number of benzene rings is 2. The van der Waals surface area contributed by atoms with Crippen LogP contribution in [0.4, 0.5) is 15.8 Å². The van der Waals surface area contributed by atoms with E-state index in [4.69, 9.17) is 5.73 Å². The molecule has 0 bridgehead atoms. The van der Waals surface area contributed by atoms with Crippen LogP contribution in [-0.4, -0.2) is 0 Å². The van der Waals surface area contributed by atoms with Crippen molar-refractivity contribution < 1.29 is 4.39 Å². The zero-order chi connectivity index (χ0) is 13.0. The summed E-state index contributed by atoms with van der Waals surface area (Å²) in [5.74, 6) is -0.388. The number of nitrogens with one attached hydrogen (secondary N) is 1. The van der Waals surface area contributed by atoms with Crippen molar-refractivity contribution in [3.8, 4) is 0 Å². The maximum absolute atomic E-state index is 13.2. The van der Waals surface area contributed by atoms with Crippen molar-refractivity contribution in [3.63, 3.8) is 0 Å². The second kappa shape index (κ2) is 5.54. The normalized spacial score (nSPS) is 10.3. The molecule has 18 heavy (non-hydrogen) atoms. The minimum atomic E-state index is -0.388. The second-order valence-electron chi connectivity index (χ2n) is 4.22. The van der Waals surface area contributed by atoms with Gasteiger partial charge in [-0.25, -0.2) is 4.39 Å². The Bertz CT molecular complexity index is 521. The van der Waals surface area contributed by atoms with Gasteiger partial charge < -0.3 is 11.1 Å². The number of nitrogen functional groups attached to an aromatic ring is 1. The number of hydrogen-bond donors (Lipinski definition) is 2. The summed E-state index contributed by atoms with van der Waals surface area (Å²) in [6.45, 7) is 2.76. The molecule has 0 aliphatic heterocycles. The lowest BCUT2D eigenvalue weighted by atomic mass is 10.1. The fourth-order valence-electron chi connectivity index (χ4n) is 1.78. The molecular weight excluding hydrogens is 227 g/mol. The minimum Gasteiger partial charge on any atom is -0.395 e. The van der Waals surface area contributed by atoms with Gasteiger partial charge in [0.05, 0.1) is 11.4 Å². The lowest BCUT2D eigenvalue weighted by Gasteiger charge is -2.10. The van der Waals surface area contributed by atoms with Crippen molar-refractivity contribution in [1.82, 2.24) is 0 Å². The first kappa shape index (κ1) is 12.4.